The summed E-state index contributed by atoms with van der Waals surface area (Å²) in [5.74, 6) is 0.705. The van der Waals surface area contributed by atoms with Gasteiger partial charge in [-0.15, -0.1) is 0 Å². The summed E-state index contributed by atoms with van der Waals surface area (Å²) in [7, 11) is 0. The van der Waals surface area contributed by atoms with Crippen LogP contribution in [0.5, 0.6) is 0 Å². The third-order valence-electron chi connectivity index (χ3n) is 6.33. The van der Waals surface area contributed by atoms with Crippen LogP contribution in [0.2, 0.25) is 0 Å². The normalized spacial score (nSPS) is 14.6. The van der Waals surface area contributed by atoms with E-state index in [-0.39, 0.29) is 29.8 Å². The lowest BCUT2D eigenvalue weighted by Gasteiger charge is -2.27. The van der Waals surface area contributed by atoms with Crippen molar-refractivity contribution in [2.24, 2.45) is 0 Å². The van der Waals surface area contributed by atoms with E-state index in [1.807, 2.05) is 62.6 Å². The van der Waals surface area contributed by atoms with E-state index in [2.05, 4.69) is 0 Å². The molecule has 1 amide bonds. The maximum absolute atomic E-state index is 13.6. The maximum atomic E-state index is 13.6. The van der Waals surface area contributed by atoms with Crippen molar-refractivity contribution in [2.75, 3.05) is 26.3 Å². The van der Waals surface area contributed by atoms with Crippen LogP contribution in [0.15, 0.2) is 39.9 Å². The van der Waals surface area contributed by atoms with Gasteiger partial charge in [0.25, 0.3) is 5.56 Å². The number of fused-ring (bicyclic) bond motifs is 1. The Morgan fingerprint density at radius 1 is 1.00 bits per heavy atom. The molecule has 0 radical (unpaired) electrons. The number of amides is 1. The van der Waals surface area contributed by atoms with Crippen molar-refractivity contribution in [1.29, 1.82) is 0 Å². The highest BCUT2D eigenvalue weighted by atomic mass is 16.5. The Kier molecular flexibility index (Phi) is 7.25. The first-order valence-electron chi connectivity index (χ1n) is 12.4. The minimum absolute atomic E-state index is 0.0265. The van der Waals surface area contributed by atoms with Crippen LogP contribution in [0.4, 0.5) is 0 Å². The molecular formula is C26H35N5O4. The summed E-state index contributed by atoms with van der Waals surface area (Å²) in [6, 6.07) is 9.92. The summed E-state index contributed by atoms with van der Waals surface area (Å²) in [6.07, 6.45) is 0.808. The molecule has 188 valence electrons. The third-order valence-corrected chi connectivity index (χ3v) is 6.33. The third kappa shape index (κ3) is 5.10. The fraction of sp³-hybridized carbons (Fsp3) is 0.538. The largest absolute Gasteiger partial charge is 0.378 e. The quantitative estimate of drug-likeness (QED) is 0.517. The van der Waals surface area contributed by atoms with Gasteiger partial charge in [-0.1, -0.05) is 58.0 Å². The molecule has 1 aliphatic heterocycles. The van der Waals surface area contributed by atoms with E-state index in [1.54, 1.807) is 4.90 Å². The number of nitrogens with zero attached hydrogens (tertiary/aromatic N) is 5. The van der Waals surface area contributed by atoms with Gasteiger partial charge < -0.3 is 14.2 Å². The Morgan fingerprint density at radius 3 is 2.31 bits per heavy atom. The SMILES string of the molecule is CCCn1c(=O)c2c(nc(C(C)(C)C)n2Cc2ccccc2)n(CCC(=O)N2CCOCC2)c1=O. The highest BCUT2D eigenvalue weighted by molar-refractivity contribution is 5.77. The van der Waals surface area contributed by atoms with Gasteiger partial charge in [0.15, 0.2) is 11.2 Å². The van der Waals surface area contributed by atoms with Crippen LogP contribution >= 0.6 is 0 Å². The van der Waals surface area contributed by atoms with Gasteiger partial charge in [0.1, 0.15) is 5.82 Å². The number of aromatic nitrogens is 4. The number of carbonyl (C=O) groups is 1. The van der Waals surface area contributed by atoms with Gasteiger partial charge >= 0.3 is 5.69 Å². The molecule has 0 saturated carbocycles. The maximum Gasteiger partial charge on any atom is 0.332 e. The van der Waals surface area contributed by atoms with Gasteiger partial charge in [-0.3, -0.25) is 18.7 Å². The lowest BCUT2D eigenvalue weighted by Crippen LogP contribution is -2.43. The van der Waals surface area contributed by atoms with Crippen molar-refractivity contribution < 1.29 is 9.53 Å². The number of rotatable bonds is 7. The van der Waals surface area contributed by atoms with E-state index < -0.39 is 5.69 Å². The Labute approximate surface area is 204 Å². The zero-order chi connectivity index (χ0) is 25.2. The van der Waals surface area contributed by atoms with Crippen LogP contribution in [0, 0.1) is 0 Å². The zero-order valence-electron chi connectivity index (χ0n) is 21.1. The molecule has 0 bridgehead atoms. The van der Waals surface area contributed by atoms with Crippen LogP contribution in [0.3, 0.4) is 0 Å². The van der Waals surface area contributed by atoms with E-state index in [4.69, 9.17) is 9.72 Å². The van der Waals surface area contributed by atoms with Gasteiger partial charge in [0.05, 0.1) is 13.2 Å². The first kappa shape index (κ1) is 24.9. The lowest BCUT2D eigenvalue weighted by molar-refractivity contribution is -0.135. The fourth-order valence-electron chi connectivity index (χ4n) is 4.58. The number of imidazole rings is 1. The lowest BCUT2D eigenvalue weighted by atomic mass is 9.95. The van der Waals surface area contributed by atoms with Crippen molar-refractivity contribution in [3.8, 4) is 0 Å². The molecule has 35 heavy (non-hydrogen) atoms. The van der Waals surface area contributed by atoms with Crippen molar-refractivity contribution in [1.82, 2.24) is 23.6 Å². The Hall–Kier alpha value is -3.20. The molecule has 1 saturated heterocycles. The first-order chi connectivity index (χ1) is 16.7. The predicted octanol–water partition coefficient (Wildman–Crippen LogP) is 2.36. The van der Waals surface area contributed by atoms with E-state index in [0.29, 0.717) is 57.0 Å². The van der Waals surface area contributed by atoms with Gasteiger partial charge in [0.2, 0.25) is 5.91 Å². The van der Waals surface area contributed by atoms with Crippen LogP contribution in [-0.4, -0.2) is 55.8 Å². The summed E-state index contributed by atoms with van der Waals surface area (Å²) in [6.45, 7) is 11.2. The average Bonchev–Trinajstić information content (AvgIpc) is 3.22. The molecule has 3 aromatic rings. The van der Waals surface area contributed by atoms with Crippen molar-refractivity contribution >= 4 is 17.1 Å². The average molecular weight is 482 g/mol. The summed E-state index contributed by atoms with van der Waals surface area (Å²) < 4.78 is 10.1. The Morgan fingerprint density at radius 2 is 1.69 bits per heavy atom. The molecule has 0 aliphatic carbocycles. The van der Waals surface area contributed by atoms with Gasteiger partial charge in [0, 0.05) is 44.6 Å². The molecule has 9 nitrogen and oxygen atoms in total. The number of ether oxygens (including phenoxy) is 1. The van der Waals surface area contributed by atoms with E-state index in [1.165, 1.54) is 9.13 Å². The predicted molar refractivity (Wildman–Crippen MR) is 135 cm³/mol. The van der Waals surface area contributed by atoms with Gasteiger partial charge in [-0.05, 0) is 12.0 Å². The molecule has 1 aliphatic rings. The second-order valence-electron chi connectivity index (χ2n) is 10.1. The highest BCUT2D eigenvalue weighted by Crippen LogP contribution is 2.26. The topological polar surface area (TPSA) is 91.4 Å². The molecule has 2 aromatic heterocycles. The number of morpholine rings is 1. The zero-order valence-corrected chi connectivity index (χ0v) is 21.1. The molecule has 0 spiro atoms. The number of aryl methyl sites for hydroxylation is 1. The second kappa shape index (κ2) is 10.2. The van der Waals surface area contributed by atoms with Gasteiger partial charge in [-0.2, -0.15) is 0 Å². The van der Waals surface area contributed by atoms with Crippen molar-refractivity contribution in [3.05, 3.63) is 62.6 Å². The van der Waals surface area contributed by atoms with Crippen LogP contribution < -0.4 is 11.2 Å². The number of carbonyl (C=O) groups excluding carboxylic acids is 1. The standard InChI is InChI=1S/C26H35N5O4/c1-5-12-30-23(33)21-22(29(25(30)34)13-11-20(32)28-14-16-35-17-15-28)27-24(26(2,3)4)31(21)18-19-9-7-6-8-10-19/h6-10H,5,11-18H2,1-4H3. The number of hydrogen-bond donors (Lipinski definition) is 0. The molecule has 0 unspecified atom stereocenters. The summed E-state index contributed by atoms with van der Waals surface area (Å²) >= 11 is 0. The Bertz CT molecular complexity index is 1310. The molecule has 1 aromatic carbocycles. The minimum Gasteiger partial charge on any atom is -0.378 e. The summed E-state index contributed by atoms with van der Waals surface area (Å²) in [5, 5.41) is 0. The molecule has 4 rings (SSSR count). The van der Waals surface area contributed by atoms with Crippen molar-refractivity contribution in [2.45, 2.75) is 65.6 Å². The smallest absolute Gasteiger partial charge is 0.332 e. The van der Waals surface area contributed by atoms with E-state index >= 15 is 0 Å². The van der Waals surface area contributed by atoms with E-state index in [9.17, 15) is 14.4 Å². The number of hydrogen-bond acceptors (Lipinski definition) is 5. The van der Waals surface area contributed by atoms with Gasteiger partial charge in [-0.25, -0.2) is 9.78 Å². The number of benzene rings is 1. The monoisotopic (exact) mass is 481 g/mol. The molecule has 1 fully saturated rings. The van der Waals surface area contributed by atoms with Crippen LogP contribution in [0.1, 0.15) is 51.9 Å². The molecule has 3 heterocycles. The van der Waals surface area contributed by atoms with Crippen LogP contribution in [0.25, 0.3) is 11.2 Å². The minimum atomic E-state index is -0.413. The fourth-order valence-corrected chi connectivity index (χ4v) is 4.58. The molecule has 0 atom stereocenters. The molecular weight excluding hydrogens is 446 g/mol. The molecule has 0 N–H and O–H groups in total. The van der Waals surface area contributed by atoms with E-state index in [0.717, 1.165) is 11.4 Å². The summed E-state index contributed by atoms with van der Waals surface area (Å²) in [4.78, 5) is 46.5. The highest BCUT2D eigenvalue weighted by Gasteiger charge is 2.28. The van der Waals surface area contributed by atoms with Crippen molar-refractivity contribution in [3.63, 3.8) is 0 Å². The van der Waals surface area contributed by atoms with Crippen LogP contribution in [-0.2, 0) is 34.6 Å². The first-order valence-corrected chi connectivity index (χ1v) is 12.4. The Balaban J connectivity index is 1.86. The summed E-state index contributed by atoms with van der Waals surface area (Å²) in [5.41, 5.74) is 0.693. The molecule has 9 heteroatoms. The second-order valence-corrected chi connectivity index (χ2v) is 10.1.